The van der Waals surface area contributed by atoms with E-state index in [0.29, 0.717) is 4.88 Å². The van der Waals surface area contributed by atoms with Gasteiger partial charge in [-0.25, -0.2) is 0 Å². The second kappa shape index (κ2) is 13.3. The molecule has 3 rings (SSSR count). The van der Waals surface area contributed by atoms with Crippen LogP contribution >= 0.6 is 22.7 Å². The lowest BCUT2D eigenvalue weighted by atomic mass is 10.1. The monoisotopic (exact) mass is 496 g/mol. The van der Waals surface area contributed by atoms with Gasteiger partial charge in [0.2, 0.25) is 0 Å². The summed E-state index contributed by atoms with van der Waals surface area (Å²) in [6.07, 6.45) is 9.08. The maximum absolute atomic E-state index is 9.39. The molecule has 0 radical (unpaired) electrons. The Bertz CT molecular complexity index is 1280. The maximum Gasteiger partial charge on any atom is 0.148 e. The van der Waals surface area contributed by atoms with Gasteiger partial charge in [0, 0.05) is 38.3 Å². The molecular formula is C29H28N4S2. The first-order chi connectivity index (χ1) is 17.1. The van der Waals surface area contributed by atoms with Crippen LogP contribution in [-0.2, 0) is 0 Å². The number of nitriles is 3. The van der Waals surface area contributed by atoms with Crippen LogP contribution < -0.4 is 4.90 Å². The van der Waals surface area contributed by atoms with Gasteiger partial charge in [-0.1, -0.05) is 44.9 Å². The van der Waals surface area contributed by atoms with Gasteiger partial charge < -0.3 is 4.90 Å². The van der Waals surface area contributed by atoms with Crippen molar-refractivity contribution < 1.29 is 0 Å². The maximum atomic E-state index is 9.39. The van der Waals surface area contributed by atoms with E-state index in [1.54, 1.807) is 17.4 Å². The van der Waals surface area contributed by atoms with Gasteiger partial charge in [-0.3, -0.25) is 0 Å². The van der Waals surface area contributed by atoms with Crippen molar-refractivity contribution >= 4 is 46.1 Å². The van der Waals surface area contributed by atoms with Gasteiger partial charge >= 0.3 is 0 Å². The molecule has 0 amide bonds. The zero-order valence-electron chi connectivity index (χ0n) is 20.1. The van der Waals surface area contributed by atoms with Crippen molar-refractivity contribution in [1.82, 2.24) is 0 Å². The lowest BCUT2D eigenvalue weighted by Gasteiger charge is -2.24. The third-order valence-corrected chi connectivity index (χ3v) is 7.92. The SMILES string of the molecule is CCCCN(CCCC)c1ccc(/C=C/c2ccc(-c3ccc(C(C#N)=C(C#N)C#N)s3)s2)cc1. The van der Waals surface area contributed by atoms with Crippen LogP contribution in [0.15, 0.2) is 54.1 Å². The lowest BCUT2D eigenvalue weighted by molar-refractivity contribution is 0.678. The van der Waals surface area contributed by atoms with E-state index in [1.807, 2.05) is 24.3 Å². The van der Waals surface area contributed by atoms with Crippen LogP contribution in [0.3, 0.4) is 0 Å². The van der Waals surface area contributed by atoms with E-state index in [1.165, 1.54) is 42.7 Å². The van der Waals surface area contributed by atoms with Crippen LogP contribution in [0.2, 0.25) is 0 Å². The molecule has 4 nitrogen and oxygen atoms in total. The van der Waals surface area contributed by atoms with Crippen molar-refractivity contribution in [2.45, 2.75) is 39.5 Å². The highest BCUT2D eigenvalue weighted by atomic mass is 32.1. The molecule has 0 aliphatic heterocycles. The molecule has 2 heterocycles. The van der Waals surface area contributed by atoms with Gasteiger partial charge in [-0.15, -0.1) is 22.7 Å². The molecule has 35 heavy (non-hydrogen) atoms. The number of unbranched alkanes of at least 4 members (excludes halogenated alkanes) is 2. The Hall–Kier alpha value is -3.63. The van der Waals surface area contributed by atoms with E-state index in [9.17, 15) is 5.26 Å². The highest BCUT2D eigenvalue weighted by molar-refractivity contribution is 7.23. The molecule has 176 valence electrons. The predicted molar refractivity (Wildman–Crippen MR) is 149 cm³/mol. The molecule has 0 bridgehead atoms. The third kappa shape index (κ3) is 6.93. The quantitative estimate of drug-likeness (QED) is 0.250. The van der Waals surface area contributed by atoms with E-state index in [0.717, 1.165) is 33.3 Å². The van der Waals surface area contributed by atoms with Crippen LogP contribution in [0.5, 0.6) is 0 Å². The summed E-state index contributed by atoms with van der Waals surface area (Å²) in [7, 11) is 0. The fourth-order valence-electron chi connectivity index (χ4n) is 3.59. The molecule has 0 fully saturated rings. The number of anilines is 1. The second-order valence-corrected chi connectivity index (χ2v) is 10.3. The molecule has 0 aliphatic carbocycles. The number of thiophene rings is 2. The zero-order valence-corrected chi connectivity index (χ0v) is 21.8. The predicted octanol–water partition coefficient (Wildman–Crippen LogP) is 8.38. The van der Waals surface area contributed by atoms with Crippen LogP contribution in [0, 0.1) is 34.0 Å². The Morgan fingerprint density at radius 2 is 1.40 bits per heavy atom. The Kier molecular flexibility index (Phi) is 9.88. The molecule has 0 N–H and O–H groups in total. The minimum Gasteiger partial charge on any atom is -0.372 e. The van der Waals surface area contributed by atoms with E-state index in [2.05, 4.69) is 67.3 Å². The van der Waals surface area contributed by atoms with Crippen molar-refractivity contribution in [3.05, 3.63) is 69.4 Å². The van der Waals surface area contributed by atoms with Crippen molar-refractivity contribution in [1.29, 1.82) is 15.8 Å². The van der Waals surface area contributed by atoms with Gasteiger partial charge in [0.25, 0.3) is 0 Å². The van der Waals surface area contributed by atoms with E-state index >= 15 is 0 Å². The Labute approximate surface area is 216 Å². The van der Waals surface area contributed by atoms with Gasteiger partial charge in [0.05, 0.1) is 5.57 Å². The number of rotatable bonds is 11. The minimum atomic E-state index is -0.152. The summed E-state index contributed by atoms with van der Waals surface area (Å²) in [5.41, 5.74) is 2.44. The number of benzene rings is 1. The zero-order chi connectivity index (χ0) is 25.0. The average molecular weight is 497 g/mol. The van der Waals surface area contributed by atoms with Gasteiger partial charge in [0.1, 0.15) is 23.8 Å². The number of allylic oxidation sites excluding steroid dienone is 2. The van der Waals surface area contributed by atoms with Crippen molar-refractivity contribution in [2.24, 2.45) is 0 Å². The summed E-state index contributed by atoms with van der Waals surface area (Å²) in [6.45, 7) is 6.68. The minimum absolute atomic E-state index is 0.134. The number of hydrogen-bond donors (Lipinski definition) is 0. The molecule has 3 aromatic rings. The van der Waals surface area contributed by atoms with Crippen molar-refractivity contribution in [2.75, 3.05) is 18.0 Å². The highest BCUT2D eigenvalue weighted by Crippen LogP contribution is 2.37. The van der Waals surface area contributed by atoms with Gasteiger partial charge in [-0.05, 0) is 60.9 Å². The smallest absolute Gasteiger partial charge is 0.148 e. The van der Waals surface area contributed by atoms with E-state index < -0.39 is 0 Å². The summed E-state index contributed by atoms with van der Waals surface area (Å²) < 4.78 is 0. The summed E-state index contributed by atoms with van der Waals surface area (Å²) in [5, 5.41) is 27.6. The third-order valence-electron chi connectivity index (χ3n) is 5.57. The van der Waals surface area contributed by atoms with Crippen molar-refractivity contribution in [3.8, 4) is 28.0 Å². The Balaban J connectivity index is 1.71. The molecule has 2 aromatic heterocycles. The summed E-state index contributed by atoms with van der Waals surface area (Å²) >= 11 is 3.09. The molecule has 0 saturated heterocycles. The largest absolute Gasteiger partial charge is 0.372 e. The number of nitrogens with zero attached hydrogens (tertiary/aromatic N) is 4. The summed E-state index contributed by atoms with van der Waals surface area (Å²) in [6, 6.07) is 22.3. The molecule has 0 spiro atoms. The Morgan fingerprint density at radius 3 is 2.00 bits per heavy atom. The summed E-state index contributed by atoms with van der Waals surface area (Å²) in [4.78, 5) is 6.36. The van der Waals surface area contributed by atoms with Gasteiger partial charge in [0.15, 0.2) is 0 Å². The molecule has 6 heteroatoms. The van der Waals surface area contributed by atoms with Crippen LogP contribution in [-0.4, -0.2) is 13.1 Å². The highest BCUT2D eigenvalue weighted by Gasteiger charge is 2.13. The fourth-order valence-corrected chi connectivity index (χ4v) is 5.60. The molecule has 0 atom stereocenters. The first-order valence-corrected chi connectivity index (χ1v) is 13.4. The first kappa shape index (κ1) is 26.0. The second-order valence-electron chi connectivity index (χ2n) is 8.07. The lowest BCUT2D eigenvalue weighted by Crippen LogP contribution is -2.25. The van der Waals surface area contributed by atoms with Crippen LogP contribution in [0.4, 0.5) is 5.69 Å². The fraction of sp³-hybridized carbons (Fsp3) is 0.276. The number of hydrogen-bond acceptors (Lipinski definition) is 6. The molecule has 0 unspecified atom stereocenters. The van der Waals surface area contributed by atoms with E-state index in [4.69, 9.17) is 10.5 Å². The standard InChI is InChI=1S/C29H28N4S2/c1-3-5-17-33(18-6-4-2)24-10-7-22(8-11-24)9-12-25-13-14-28(34-25)29-16-15-27(35-29)26(21-32)23(19-30)20-31/h7-16H,3-6,17-18H2,1-2H3/b12-9+. The molecule has 1 aromatic carbocycles. The summed E-state index contributed by atoms with van der Waals surface area (Å²) in [5.74, 6) is 0. The van der Waals surface area contributed by atoms with Crippen LogP contribution in [0.25, 0.3) is 27.5 Å². The Morgan fingerprint density at radius 1 is 0.771 bits per heavy atom. The topological polar surface area (TPSA) is 74.6 Å². The van der Waals surface area contributed by atoms with Gasteiger partial charge in [-0.2, -0.15) is 15.8 Å². The van der Waals surface area contributed by atoms with Crippen LogP contribution in [0.1, 0.15) is 54.8 Å². The normalized spacial score (nSPS) is 10.5. The van der Waals surface area contributed by atoms with Crippen molar-refractivity contribution in [3.63, 3.8) is 0 Å². The molecule has 0 aliphatic rings. The average Bonchev–Trinajstić information content (AvgIpc) is 3.56. The first-order valence-electron chi connectivity index (χ1n) is 11.8. The molecular weight excluding hydrogens is 468 g/mol. The van der Waals surface area contributed by atoms with E-state index in [-0.39, 0.29) is 11.1 Å². The molecule has 0 saturated carbocycles.